The third-order valence-electron chi connectivity index (χ3n) is 3.77. The fourth-order valence-electron chi connectivity index (χ4n) is 2.46. The average molecular weight is 294 g/mol. The lowest BCUT2D eigenvalue weighted by molar-refractivity contribution is -0.385. The highest BCUT2D eigenvalue weighted by Crippen LogP contribution is 2.23. The van der Waals surface area contributed by atoms with Crippen LogP contribution in [-0.4, -0.2) is 58.1 Å². The number of carboxylic acids is 1. The van der Waals surface area contributed by atoms with Crippen molar-refractivity contribution in [3.8, 4) is 0 Å². The van der Waals surface area contributed by atoms with Crippen molar-refractivity contribution in [1.82, 2.24) is 9.88 Å². The highest BCUT2D eigenvalue weighted by atomic mass is 16.6. The van der Waals surface area contributed by atoms with Crippen molar-refractivity contribution in [2.75, 3.05) is 31.1 Å². The lowest BCUT2D eigenvalue weighted by Crippen LogP contribution is -2.52. The topological polar surface area (TPSA) is 99.8 Å². The number of rotatable bonds is 4. The molecule has 1 N–H and O–H groups in total. The third kappa shape index (κ3) is 3.27. The number of carbonyl (C=O) groups is 1. The monoisotopic (exact) mass is 294 g/mol. The first-order valence-electron chi connectivity index (χ1n) is 6.73. The molecule has 2 heterocycles. The van der Waals surface area contributed by atoms with Crippen LogP contribution in [0.15, 0.2) is 12.3 Å². The van der Waals surface area contributed by atoms with E-state index in [-0.39, 0.29) is 5.69 Å². The third-order valence-corrected chi connectivity index (χ3v) is 3.77. The summed E-state index contributed by atoms with van der Waals surface area (Å²) in [4.78, 5) is 29.3. The van der Waals surface area contributed by atoms with E-state index in [9.17, 15) is 14.9 Å². The van der Waals surface area contributed by atoms with Gasteiger partial charge < -0.3 is 10.0 Å². The minimum atomic E-state index is -0.826. The van der Waals surface area contributed by atoms with Crippen molar-refractivity contribution < 1.29 is 14.8 Å². The summed E-state index contributed by atoms with van der Waals surface area (Å²) in [6.45, 7) is 6.04. The quantitative estimate of drug-likeness (QED) is 0.650. The highest BCUT2D eigenvalue weighted by Gasteiger charge is 2.26. The molecular weight excluding hydrogens is 276 g/mol. The molecule has 1 aliphatic rings. The molecular formula is C13H18N4O4. The van der Waals surface area contributed by atoms with Crippen LogP contribution in [0.2, 0.25) is 0 Å². The minimum Gasteiger partial charge on any atom is -0.480 e. The second-order valence-electron chi connectivity index (χ2n) is 5.13. The Labute approximate surface area is 122 Å². The molecule has 0 radical (unpaired) electrons. The van der Waals surface area contributed by atoms with Gasteiger partial charge in [-0.2, -0.15) is 0 Å². The van der Waals surface area contributed by atoms with Crippen molar-refractivity contribution in [3.63, 3.8) is 0 Å². The number of aliphatic carboxylic acids is 1. The van der Waals surface area contributed by atoms with Crippen LogP contribution in [0.4, 0.5) is 11.5 Å². The van der Waals surface area contributed by atoms with Crippen LogP contribution in [0.25, 0.3) is 0 Å². The van der Waals surface area contributed by atoms with E-state index in [1.165, 1.54) is 12.3 Å². The molecule has 0 aliphatic carbocycles. The van der Waals surface area contributed by atoms with E-state index >= 15 is 0 Å². The number of hydrogen-bond donors (Lipinski definition) is 1. The van der Waals surface area contributed by atoms with Crippen LogP contribution < -0.4 is 4.90 Å². The largest absolute Gasteiger partial charge is 0.480 e. The van der Waals surface area contributed by atoms with Gasteiger partial charge in [0.1, 0.15) is 18.1 Å². The molecule has 1 unspecified atom stereocenters. The average Bonchev–Trinajstić information content (AvgIpc) is 2.46. The van der Waals surface area contributed by atoms with Crippen molar-refractivity contribution >= 4 is 17.5 Å². The molecule has 21 heavy (non-hydrogen) atoms. The molecule has 0 saturated carbocycles. The smallest absolute Gasteiger partial charge is 0.320 e. The molecule has 0 spiro atoms. The van der Waals surface area contributed by atoms with E-state index in [1.54, 1.807) is 13.8 Å². The van der Waals surface area contributed by atoms with Gasteiger partial charge in [-0.3, -0.25) is 19.8 Å². The summed E-state index contributed by atoms with van der Waals surface area (Å²) in [5.74, 6) is -0.101. The SMILES string of the molecule is Cc1cc([N+](=O)[O-])cnc1N1CCN(C(C)C(=O)O)CC1. The first kappa shape index (κ1) is 15.2. The van der Waals surface area contributed by atoms with Crippen LogP contribution >= 0.6 is 0 Å². The van der Waals surface area contributed by atoms with Crippen LogP contribution in [-0.2, 0) is 4.79 Å². The van der Waals surface area contributed by atoms with Gasteiger partial charge in [0.15, 0.2) is 0 Å². The molecule has 114 valence electrons. The normalized spacial score (nSPS) is 17.5. The van der Waals surface area contributed by atoms with E-state index in [0.717, 1.165) is 11.4 Å². The molecule has 1 aliphatic heterocycles. The Morgan fingerprint density at radius 3 is 2.52 bits per heavy atom. The maximum atomic E-state index is 11.0. The predicted octanol–water partition coefficient (Wildman–Crippen LogP) is 0.893. The van der Waals surface area contributed by atoms with Crippen molar-refractivity contribution in [1.29, 1.82) is 0 Å². The van der Waals surface area contributed by atoms with E-state index in [2.05, 4.69) is 4.98 Å². The number of carboxylic acid groups (broad SMARTS) is 1. The van der Waals surface area contributed by atoms with Crippen LogP contribution in [0, 0.1) is 17.0 Å². The summed E-state index contributed by atoms with van der Waals surface area (Å²) >= 11 is 0. The number of hydrogen-bond acceptors (Lipinski definition) is 6. The zero-order chi connectivity index (χ0) is 15.6. The van der Waals surface area contributed by atoms with Crippen molar-refractivity contribution in [2.45, 2.75) is 19.9 Å². The van der Waals surface area contributed by atoms with Crippen LogP contribution in [0.3, 0.4) is 0 Å². The number of piperazine rings is 1. The predicted molar refractivity (Wildman–Crippen MR) is 76.5 cm³/mol. The molecule has 1 saturated heterocycles. The summed E-state index contributed by atoms with van der Waals surface area (Å²) < 4.78 is 0. The molecule has 0 aromatic carbocycles. The summed E-state index contributed by atoms with van der Waals surface area (Å²) in [7, 11) is 0. The van der Waals surface area contributed by atoms with Crippen LogP contribution in [0.5, 0.6) is 0 Å². The van der Waals surface area contributed by atoms with Gasteiger partial charge in [0.05, 0.1) is 4.92 Å². The van der Waals surface area contributed by atoms with Gasteiger partial charge in [0, 0.05) is 32.2 Å². The first-order valence-corrected chi connectivity index (χ1v) is 6.73. The van der Waals surface area contributed by atoms with E-state index in [4.69, 9.17) is 5.11 Å². The molecule has 2 rings (SSSR count). The second kappa shape index (κ2) is 6.04. The van der Waals surface area contributed by atoms with Gasteiger partial charge in [0.25, 0.3) is 5.69 Å². The van der Waals surface area contributed by atoms with E-state index in [0.29, 0.717) is 26.2 Å². The zero-order valence-corrected chi connectivity index (χ0v) is 12.0. The van der Waals surface area contributed by atoms with Gasteiger partial charge in [-0.25, -0.2) is 4.98 Å². The van der Waals surface area contributed by atoms with Crippen LogP contribution in [0.1, 0.15) is 12.5 Å². The Hall–Kier alpha value is -2.22. The number of pyridine rings is 1. The molecule has 8 heteroatoms. The Kier molecular flexibility index (Phi) is 4.37. The van der Waals surface area contributed by atoms with Gasteiger partial charge in [-0.1, -0.05) is 0 Å². The van der Waals surface area contributed by atoms with Gasteiger partial charge in [0.2, 0.25) is 0 Å². The maximum Gasteiger partial charge on any atom is 0.320 e. The summed E-state index contributed by atoms with van der Waals surface area (Å²) in [5.41, 5.74) is 0.735. The lowest BCUT2D eigenvalue weighted by atomic mass is 10.2. The Morgan fingerprint density at radius 1 is 1.43 bits per heavy atom. The summed E-state index contributed by atoms with van der Waals surface area (Å²) in [5, 5.41) is 19.7. The number of aryl methyl sites for hydroxylation is 1. The Bertz CT molecular complexity index is 555. The minimum absolute atomic E-state index is 0.0191. The summed E-state index contributed by atoms with van der Waals surface area (Å²) in [6.07, 6.45) is 1.26. The fraction of sp³-hybridized carbons (Fsp3) is 0.538. The highest BCUT2D eigenvalue weighted by molar-refractivity contribution is 5.73. The summed E-state index contributed by atoms with van der Waals surface area (Å²) in [6, 6.07) is 1.01. The van der Waals surface area contributed by atoms with Crippen molar-refractivity contribution in [3.05, 3.63) is 27.9 Å². The zero-order valence-electron chi connectivity index (χ0n) is 12.0. The maximum absolute atomic E-state index is 11.0. The Morgan fingerprint density at radius 2 is 2.05 bits per heavy atom. The number of anilines is 1. The van der Waals surface area contributed by atoms with Crippen molar-refractivity contribution in [2.24, 2.45) is 0 Å². The lowest BCUT2D eigenvalue weighted by Gasteiger charge is -2.37. The molecule has 1 atom stereocenters. The molecule has 8 nitrogen and oxygen atoms in total. The molecule has 1 aromatic heterocycles. The number of aromatic nitrogens is 1. The standard InChI is InChI=1S/C13H18N4O4/c1-9-7-11(17(20)21)8-14-12(9)16-5-3-15(4-6-16)10(2)13(18)19/h7-8,10H,3-6H2,1-2H3,(H,18,19). The van der Waals surface area contributed by atoms with Gasteiger partial charge in [-0.15, -0.1) is 0 Å². The van der Waals surface area contributed by atoms with E-state index in [1.807, 2.05) is 9.80 Å². The molecule has 1 fully saturated rings. The Balaban J connectivity index is 2.05. The number of nitrogens with zero attached hydrogens (tertiary/aromatic N) is 4. The van der Waals surface area contributed by atoms with Gasteiger partial charge in [-0.05, 0) is 19.4 Å². The fourth-order valence-corrected chi connectivity index (χ4v) is 2.46. The molecule has 0 amide bonds. The number of nitro groups is 1. The molecule has 1 aromatic rings. The molecule has 0 bridgehead atoms. The second-order valence-corrected chi connectivity index (χ2v) is 5.13. The van der Waals surface area contributed by atoms with Gasteiger partial charge >= 0.3 is 5.97 Å². The van der Waals surface area contributed by atoms with E-state index < -0.39 is 16.9 Å². The first-order chi connectivity index (χ1) is 9.90.